The molecule has 416 valence electrons. The van der Waals surface area contributed by atoms with Crippen LogP contribution in [-0.4, -0.2) is 88.2 Å². The first-order valence-corrected chi connectivity index (χ1v) is 30.3. The number of azo groups is 3. The molecule has 0 spiro atoms. The van der Waals surface area contributed by atoms with Crippen LogP contribution in [0.5, 0.6) is 11.5 Å². The van der Waals surface area contributed by atoms with Crippen molar-refractivity contribution < 1.29 is 79.5 Å². The third-order valence-corrected chi connectivity index (χ3v) is 16.2. The van der Waals surface area contributed by atoms with E-state index >= 15 is 0 Å². The van der Waals surface area contributed by atoms with E-state index in [1.807, 2.05) is 0 Å². The van der Waals surface area contributed by atoms with E-state index in [9.17, 15) is 70.2 Å². The first-order chi connectivity index (χ1) is 38.0. The molecule has 31 heteroatoms. The van der Waals surface area contributed by atoms with Crippen LogP contribution in [0, 0.1) is 0 Å². The van der Waals surface area contributed by atoms with E-state index in [1.54, 1.807) is 0 Å². The molecule has 9 aromatic carbocycles. The molecule has 0 saturated carbocycles. The molecule has 0 fully saturated rings. The molecule has 9 aromatic rings. The van der Waals surface area contributed by atoms with E-state index in [0.29, 0.717) is 5.69 Å². The Bertz CT molecular complexity index is 4810. The highest BCUT2D eigenvalue weighted by Gasteiger charge is 2.24. The second-order valence-corrected chi connectivity index (χ2v) is 24.7. The summed E-state index contributed by atoms with van der Waals surface area (Å²) >= 11 is 0. The highest BCUT2D eigenvalue weighted by atomic mass is 32.2. The lowest BCUT2D eigenvalue weighted by Crippen LogP contribution is -2.11. The number of rotatable bonds is 17. The number of nitrogens with one attached hydrogen (secondary N) is 1. The number of phenols is 1. The number of nitrogens with zero attached hydrogens (tertiary/aromatic N) is 6. The van der Waals surface area contributed by atoms with Crippen LogP contribution >= 0.6 is 0 Å². The zero-order valence-electron chi connectivity index (χ0n) is 40.8. The number of anilines is 2. The molecule has 0 aromatic heterocycles. The zero-order chi connectivity index (χ0) is 58.4. The summed E-state index contributed by atoms with van der Waals surface area (Å²) in [5, 5.41) is 40.3. The summed E-state index contributed by atoms with van der Waals surface area (Å²) in [6, 6.07) is 29.6. The second kappa shape index (κ2) is 21.7. The number of benzene rings is 9. The van der Waals surface area contributed by atoms with Gasteiger partial charge in [0.2, 0.25) is 0 Å². The molecule has 0 aliphatic heterocycles. The van der Waals surface area contributed by atoms with Gasteiger partial charge in [-0.15, -0.1) is 25.6 Å². The fourth-order valence-corrected chi connectivity index (χ4v) is 10.9. The molecule has 0 saturated heterocycles. The molecule has 1 amide bonds. The van der Waals surface area contributed by atoms with Gasteiger partial charge in [0, 0.05) is 55.3 Å². The third kappa shape index (κ3) is 13.0. The molecule has 0 radical (unpaired) electrons. The van der Waals surface area contributed by atoms with Crippen LogP contribution in [0.3, 0.4) is 0 Å². The molecule has 0 aliphatic carbocycles. The predicted molar refractivity (Wildman–Crippen MR) is 295 cm³/mol. The smallest absolute Gasteiger partial charge is 0.296 e. The number of hydrogen-bond donors (Lipinski definition) is 8. The van der Waals surface area contributed by atoms with Gasteiger partial charge in [0.05, 0.1) is 55.5 Å². The summed E-state index contributed by atoms with van der Waals surface area (Å²) in [7, 11) is -23.9. The Morgan fingerprint density at radius 3 is 1.56 bits per heavy atom. The minimum atomic E-state index is -5.17. The number of phenolic OH excluding ortho intramolecular Hbond substituents is 1. The lowest BCUT2D eigenvalue weighted by atomic mass is 10.1. The van der Waals surface area contributed by atoms with Crippen molar-refractivity contribution in [3.05, 3.63) is 145 Å². The van der Waals surface area contributed by atoms with Crippen molar-refractivity contribution >= 4 is 145 Å². The summed E-state index contributed by atoms with van der Waals surface area (Å²) in [6.07, 6.45) is -0.182. The first kappa shape index (κ1) is 56.9. The Labute approximate surface area is 458 Å². The molecule has 0 bridgehead atoms. The fourth-order valence-electron chi connectivity index (χ4n) is 8.18. The van der Waals surface area contributed by atoms with Crippen LogP contribution in [0.2, 0.25) is 0 Å². The lowest BCUT2D eigenvalue weighted by molar-refractivity contribution is 0.102. The van der Waals surface area contributed by atoms with Crippen molar-refractivity contribution in [3.63, 3.8) is 0 Å². The van der Waals surface area contributed by atoms with Crippen molar-refractivity contribution in [2.45, 2.75) is 26.0 Å². The molecular formula is C50H38N8O18S5. The highest BCUT2D eigenvalue weighted by Crippen LogP contribution is 2.44. The van der Waals surface area contributed by atoms with Gasteiger partial charge in [-0.1, -0.05) is 18.2 Å². The van der Waals surface area contributed by atoms with Gasteiger partial charge >= 0.3 is 0 Å². The van der Waals surface area contributed by atoms with Crippen LogP contribution in [0.4, 0.5) is 45.5 Å². The third-order valence-electron chi connectivity index (χ3n) is 12.0. The van der Waals surface area contributed by atoms with Crippen LogP contribution in [0.15, 0.2) is 190 Å². The van der Waals surface area contributed by atoms with E-state index in [-0.39, 0.29) is 102 Å². The van der Waals surface area contributed by atoms with E-state index in [0.717, 1.165) is 42.5 Å². The second-order valence-electron chi connectivity index (χ2n) is 17.5. The molecule has 9 rings (SSSR count). The number of nitrogen functional groups attached to an aromatic ring is 1. The minimum Gasteiger partial charge on any atom is -0.505 e. The topological polar surface area (TPSA) is 431 Å². The Kier molecular flexibility index (Phi) is 15.3. The molecule has 0 atom stereocenters. The van der Waals surface area contributed by atoms with Gasteiger partial charge in [0.1, 0.15) is 16.3 Å². The van der Waals surface area contributed by atoms with Crippen LogP contribution in [0.25, 0.3) is 43.1 Å². The normalized spacial score (nSPS) is 12.9. The van der Waals surface area contributed by atoms with Crippen molar-refractivity contribution in [1.82, 2.24) is 0 Å². The quantitative estimate of drug-likeness (QED) is 0.0182. The van der Waals surface area contributed by atoms with Crippen LogP contribution in [0.1, 0.15) is 16.8 Å². The molecule has 0 heterocycles. The maximum atomic E-state index is 12.9. The van der Waals surface area contributed by atoms with Crippen molar-refractivity contribution in [1.29, 1.82) is 0 Å². The van der Waals surface area contributed by atoms with Crippen LogP contribution < -0.4 is 15.8 Å². The van der Waals surface area contributed by atoms with Crippen molar-refractivity contribution in [2.75, 3.05) is 23.4 Å². The molecule has 81 heavy (non-hydrogen) atoms. The molecular weight excluding hydrogens is 1160 g/mol. The summed E-state index contributed by atoms with van der Waals surface area (Å²) in [5.74, 6) is -2.06. The number of ether oxygens (including phenoxy) is 1. The molecule has 0 aliphatic rings. The standard InChI is InChI=1S/C50H38N8O18S5/c51-30-5-2-27(3-6-30)50(60)52-31-8-11-36-29(20-31)22-47(81(73,74)75)48(49(36)59)58-57-45-17-15-43(38-13-10-34(25-41(38)45)79(67,68)69)55-56-44-16-14-42(37-12-9-33(24-40(37)44)78(64,65)66)54-53-32-7-4-28-21-35(80(70,71)72)26-46(39(28)23-32)76-18-1-19-77(61,62)63/h2-17,20-26,59H,1,18-19,51H2,(H,52,60)(H,61,62,63)(H,64,65,66)(H,67,68,69)(H,70,71,72)(H,73,74,75). The Morgan fingerprint density at radius 2 is 1.01 bits per heavy atom. The molecule has 9 N–H and O–H groups in total. The number of fused-ring (bicyclic) bond motifs is 4. The summed E-state index contributed by atoms with van der Waals surface area (Å²) in [6.45, 7) is -0.289. The van der Waals surface area contributed by atoms with Gasteiger partial charge < -0.3 is 20.9 Å². The van der Waals surface area contributed by atoms with Crippen molar-refractivity contribution in [2.24, 2.45) is 30.7 Å². The monoisotopic (exact) mass is 1200 g/mol. The Morgan fingerprint density at radius 1 is 0.481 bits per heavy atom. The Hall–Kier alpha value is -8.76. The van der Waals surface area contributed by atoms with Gasteiger partial charge in [-0.05, 0) is 132 Å². The number of carbonyl (C=O) groups is 1. The van der Waals surface area contributed by atoms with Crippen molar-refractivity contribution in [3.8, 4) is 11.5 Å². The maximum Gasteiger partial charge on any atom is 0.296 e. The van der Waals surface area contributed by atoms with E-state index in [4.69, 9.17) is 15.0 Å². The molecule has 0 unspecified atom stereocenters. The Balaban J connectivity index is 1.07. The largest absolute Gasteiger partial charge is 0.505 e. The van der Waals surface area contributed by atoms with E-state index < -0.39 is 93.3 Å². The van der Waals surface area contributed by atoms with Gasteiger partial charge in [0.25, 0.3) is 56.5 Å². The zero-order valence-corrected chi connectivity index (χ0v) is 44.9. The fraction of sp³-hybridized carbons (Fsp3) is 0.0600. The van der Waals surface area contributed by atoms with E-state index in [2.05, 4.69) is 36.0 Å². The first-order valence-electron chi connectivity index (χ1n) is 22.9. The highest BCUT2D eigenvalue weighted by molar-refractivity contribution is 7.86. The van der Waals surface area contributed by atoms with Crippen LogP contribution in [-0.2, 0) is 50.6 Å². The summed E-state index contributed by atoms with van der Waals surface area (Å²) in [5.41, 5.74) is 5.89. The lowest BCUT2D eigenvalue weighted by Gasteiger charge is -2.11. The number of aromatic hydroxyl groups is 1. The summed E-state index contributed by atoms with van der Waals surface area (Å²) in [4.78, 5) is 10.3. The average Bonchev–Trinajstić information content (AvgIpc) is 3.60. The number of nitrogens with two attached hydrogens (primary N) is 1. The predicted octanol–water partition coefficient (Wildman–Crippen LogP) is 10.7. The number of hydrogen-bond acceptors (Lipinski definition) is 20. The minimum absolute atomic E-state index is 0.00180. The maximum absolute atomic E-state index is 12.9. The van der Waals surface area contributed by atoms with Gasteiger partial charge in [-0.3, -0.25) is 27.6 Å². The average molecular weight is 1200 g/mol. The SMILES string of the molecule is Nc1ccc(C(=O)Nc2ccc3c(O)c(N=Nc4ccc(N=Nc5ccc(N=Nc6ccc7cc(S(=O)(=O)O)cc(OCCCS(=O)(=O)O)c7c6)c6ccc(S(=O)(=O)O)cc56)c5ccc(S(=O)(=O)O)cc45)c(S(=O)(=O)O)cc3c2)cc1. The summed E-state index contributed by atoms with van der Waals surface area (Å²) < 4.78 is 177. The van der Waals surface area contributed by atoms with Gasteiger partial charge in [0.15, 0.2) is 5.75 Å². The number of carbonyl (C=O) groups excluding carboxylic acids is 1. The van der Waals surface area contributed by atoms with E-state index in [1.165, 1.54) is 97.1 Å². The van der Waals surface area contributed by atoms with Gasteiger partial charge in [-0.25, -0.2) is 0 Å². The van der Waals surface area contributed by atoms with Gasteiger partial charge in [-0.2, -0.15) is 47.2 Å². The molecule has 26 nitrogen and oxygen atoms in total. The number of amides is 1.